The zero-order chi connectivity index (χ0) is 13.1. The first-order valence-electron chi connectivity index (χ1n) is 5.28. The summed E-state index contributed by atoms with van der Waals surface area (Å²) in [6, 6.07) is 10.7. The normalized spacial score (nSPS) is 10.1. The summed E-state index contributed by atoms with van der Waals surface area (Å²) < 4.78 is 18.4. The van der Waals surface area contributed by atoms with Crippen LogP contribution in [0.15, 0.2) is 42.5 Å². The molecule has 0 aliphatic carbocycles. The Morgan fingerprint density at radius 2 is 1.78 bits per heavy atom. The molecule has 0 saturated heterocycles. The predicted molar refractivity (Wildman–Crippen MR) is 65.3 cm³/mol. The number of rotatable bonds is 3. The fourth-order valence-electron chi connectivity index (χ4n) is 1.66. The number of carboxylic acid groups (broad SMARTS) is 1. The molecule has 0 bridgehead atoms. The number of methoxy groups -OCH3 is 1. The van der Waals surface area contributed by atoms with Gasteiger partial charge in [0.1, 0.15) is 11.6 Å². The maximum absolute atomic E-state index is 13.3. The van der Waals surface area contributed by atoms with Gasteiger partial charge in [0.15, 0.2) is 0 Å². The number of carbonyl (C=O) groups is 1. The minimum atomic E-state index is -1.15. The second-order valence-electron chi connectivity index (χ2n) is 3.76. The van der Waals surface area contributed by atoms with Crippen LogP contribution in [0, 0.1) is 5.82 Å². The van der Waals surface area contributed by atoms with Gasteiger partial charge in [-0.25, -0.2) is 9.18 Å². The van der Waals surface area contributed by atoms with Gasteiger partial charge in [-0.05, 0) is 41.5 Å². The molecular weight excluding hydrogens is 235 g/mol. The van der Waals surface area contributed by atoms with E-state index in [-0.39, 0.29) is 5.56 Å². The van der Waals surface area contributed by atoms with Gasteiger partial charge in [0.05, 0.1) is 12.7 Å². The first-order chi connectivity index (χ1) is 8.60. The Hall–Kier alpha value is -2.36. The molecule has 0 aliphatic heterocycles. The number of aromatic carboxylic acids is 1. The fourth-order valence-corrected chi connectivity index (χ4v) is 1.66. The highest BCUT2D eigenvalue weighted by molar-refractivity contribution is 5.89. The number of hydrogen-bond donors (Lipinski definition) is 1. The lowest BCUT2D eigenvalue weighted by atomic mass is 10.0. The lowest BCUT2D eigenvalue weighted by Gasteiger charge is -2.05. The molecule has 0 saturated carbocycles. The first kappa shape index (κ1) is 12.1. The van der Waals surface area contributed by atoms with Crippen molar-refractivity contribution in [2.24, 2.45) is 0 Å². The molecule has 18 heavy (non-hydrogen) atoms. The van der Waals surface area contributed by atoms with Gasteiger partial charge in [0, 0.05) is 0 Å². The maximum Gasteiger partial charge on any atom is 0.335 e. The average Bonchev–Trinajstić information content (AvgIpc) is 2.38. The predicted octanol–water partition coefficient (Wildman–Crippen LogP) is 3.20. The van der Waals surface area contributed by atoms with E-state index in [1.807, 2.05) is 0 Å². The number of hydrogen-bond acceptors (Lipinski definition) is 2. The number of ether oxygens (including phenoxy) is 1. The largest absolute Gasteiger partial charge is 0.497 e. The van der Waals surface area contributed by atoms with Crippen LogP contribution >= 0.6 is 0 Å². The molecule has 0 fully saturated rings. The molecule has 2 rings (SSSR count). The second kappa shape index (κ2) is 4.87. The van der Waals surface area contributed by atoms with E-state index in [9.17, 15) is 9.18 Å². The molecule has 92 valence electrons. The highest BCUT2D eigenvalue weighted by atomic mass is 19.1. The van der Waals surface area contributed by atoms with Crippen molar-refractivity contribution in [1.29, 1.82) is 0 Å². The van der Waals surface area contributed by atoms with Crippen molar-refractivity contribution in [3.8, 4) is 16.9 Å². The Labute approximate surface area is 103 Å². The third-order valence-corrected chi connectivity index (χ3v) is 2.57. The number of carboxylic acids is 1. The van der Waals surface area contributed by atoms with E-state index in [0.717, 1.165) is 11.6 Å². The topological polar surface area (TPSA) is 46.5 Å². The third-order valence-electron chi connectivity index (χ3n) is 2.57. The van der Waals surface area contributed by atoms with Crippen LogP contribution in [0.4, 0.5) is 4.39 Å². The second-order valence-corrected chi connectivity index (χ2v) is 3.76. The van der Waals surface area contributed by atoms with Crippen LogP contribution in [-0.4, -0.2) is 18.2 Å². The lowest BCUT2D eigenvalue weighted by molar-refractivity contribution is 0.0696. The van der Waals surface area contributed by atoms with Crippen LogP contribution in [0.25, 0.3) is 11.1 Å². The summed E-state index contributed by atoms with van der Waals surface area (Å²) in [5, 5.41) is 8.88. The van der Waals surface area contributed by atoms with Crippen molar-refractivity contribution < 1.29 is 19.0 Å². The van der Waals surface area contributed by atoms with Crippen LogP contribution < -0.4 is 4.74 Å². The van der Waals surface area contributed by atoms with E-state index in [0.29, 0.717) is 11.3 Å². The summed E-state index contributed by atoms with van der Waals surface area (Å²) in [7, 11) is 1.56. The van der Waals surface area contributed by atoms with Gasteiger partial charge in [0.2, 0.25) is 0 Å². The van der Waals surface area contributed by atoms with Gasteiger partial charge in [-0.3, -0.25) is 0 Å². The van der Waals surface area contributed by atoms with E-state index >= 15 is 0 Å². The summed E-state index contributed by atoms with van der Waals surface area (Å²) in [5.41, 5.74) is 1.19. The molecule has 0 heterocycles. The highest BCUT2D eigenvalue weighted by Crippen LogP contribution is 2.24. The van der Waals surface area contributed by atoms with Crippen LogP contribution in [0.5, 0.6) is 5.75 Å². The van der Waals surface area contributed by atoms with Crippen molar-refractivity contribution in [3.63, 3.8) is 0 Å². The molecule has 0 aliphatic rings. The minimum Gasteiger partial charge on any atom is -0.497 e. The SMILES string of the molecule is COc1ccc(-c2cc(F)cc(C(=O)O)c2)cc1. The van der Waals surface area contributed by atoms with Crippen LogP contribution in [0.2, 0.25) is 0 Å². The van der Waals surface area contributed by atoms with Gasteiger partial charge >= 0.3 is 5.97 Å². The van der Waals surface area contributed by atoms with Crippen molar-refractivity contribution in [1.82, 2.24) is 0 Å². The zero-order valence-corrected chi connectivity index (χ0v) is 9.68. The van der Waals surface area contributed by atoms with E-state index in [1.54, 1.807) is 31.4 Å². The summed E-state index contributed by atoms with van der Waals surface area (Å²) in [6.07, 6.45) is 0. The Balaban J connectivity index is 2.46. The molecule has 0 aromatic heterocycles. The molecule has 0 unspecified atom stereocenters. The molecule has 4 heteroatoms. The van der Waals surface area contributed by atoms with E-state index in [2.05, 4.69) is 0 Å². The van der Waals surface area contributed by atoms with E-state index < -0.39 is 11.8 Å². The van der Waals surface area contributed by atoms with Crippen molar-refractivity contribution in [3.05, 3.63) is 53.8 Å². The summed E-state index contributed by atoms with van der Waals surface area (Å²) >= 11 is 0. The molecule has 0 amide bonds. The molecule has 0 atom stereocenters. The first-order valence-corrected chi connectivity index (χ1v) is 5.28. The van der Waals surface area contributed by atoms with E-state index in [1.165, 1.54) is 12.1 Å². The molecule has 2 aromatic carbocycles. The highest BCUT2D eigenvalue weighted by Gasteiger charge is 2.08. The molecule has 1 N–H and O–H groups in total. The van der Waals surface area contributed by atoms with E-state index in [4.69, 9.17) is 9.84 Å². The molecule has 2 aromatic rings. The monoisotopic (exact) mass is 246 g/mol. The molecule has 3 nitrogen and oxygen atoms in total. The van der Waals surface area contributed by atoms with Gasteiger partial charge in [0.25, 0.3) is 0 Å². The number of benzene rings is 2. The zero-order valence-electron chi connectivity index (χ0n) is 9.68. The van der Waals surface area contributed by atoms with Crippen LogP contribution in [-0.2, 0) is 0 Å². The Morgan fingerprint density at radius 1 is 1.11 bits per heavy atom. The van der Waals surface area contributed by atoms with Crippen molar-refractivity contribution >= 4 is 5.97 Å². The molecular formula is C14H11FO3. The summed E-state index contributed by atoms with van der Waals surface area (Å²) in [4.78, 5) is 10.9. The smallest absolute Gasteiger partial charge is 0.335 e. The summed E-state index contributed by atoms with van der Waals surface area (Å²) in [6.45, 7) is 0. The molecule has 0 radical (unpaired) electrons. The Morgan fingerprint density at radius 3 is 2.33 bits per heavy atom. The van der Waals surface area contributed by atoms with Gasteiger partial charge in [-0.2, -0.15) is 0 Å². The standard InChI is InChI=1S/C14H11FO3/c1-18-13-4-2-9(3-5-13)10-6-11(14(16)17)8-12(15)7-10/h2-8H,1H3,(H,16,17). The maximum atomic E-state index is 13.3. The van der Waals surface area contributed by atoms with Crippen molar-refractivity contribution in [2.45, 2.75) is 0 Å². The Kier molecular flexibility index (Phi) is 3.28. The Bertz CT molecular complexity index is 576. The van der Waals surface area contributed by atoms with Gasteiger partial charge < -0.3 is 9.84 Å². The molecule has 0 spiro atoms. The summed E-state index contributed by atoms with van der Waals surface area (Å²) in [5.74, 6) is -1.03. The van der Waals surface area contributed by atoms with Gasteiger partial charge in [-0.15, -0.1) is 0 Å². The number of halogens is 1. The van der Waals surface area contributed by atoms with Gasteiger partial charge in [-0.1, -0.05) is 12.1 Å². The average molecular weight is 246 g/mol. The van der Waals surface area contributed by atoms with Crippen LogP contribution in [0.1, 0.15) is 10.4 Å². The lowest BCUT2D eigenvalue weighted by Crippen LogP contribution is -1.97. The quantitative estimate of drug-likeness (QED) is 0.904. The minimum absolute atomic E-state index is 0.0687. The fraction of sp³-hybridized carbons (Fsp3) is 0.0714. The third kappa shape index (κ3) is 2.48. The van der Waals surface area contributed by atoms with Crippen LogP contribution in [0.3, 0.4) is 0 Å². The van der Waals surface area contributed by atoms with Crippen molar-refractivity contribution in [2.75, 3.05) is 7.11 Å².